The number of furan rings is 1. The van der Waals surface area contributed by atoms with Crippen molar-refractivity contribution in [2.75, 3.05) is 33.4 Å². The van der Waals surface area contributed by atoms with E-state index in [0.29, 0.717) is 30.1 Å². The molecule has 1 fully saturated rings. The molecule has 2 heterocycles. The molecule has 0 spiro atoms. The highest BCUT2D eigenvalue weighted by Gasteiger charge is 2.29. The minimum Gasteiger partial charge on any atom is -0.495 e. The Labute approximate surface area is 196 Å². The van der Waals surface area contributed by atoms with Crippen LogP contribution >= 0.6 is 0 Å². The Bertz CT molecular complexity index is 1470. The Morgan fingerprint density at radius 1 is 0.971 bits per heavy atom. The minimum atomic E-state index is -3.79. The quantitative estimate of drug-likeness (QED) is 0.306. The third-order valence-electron chi connectivity index (χ3n) is 5.74. The van der Waals surface area contributed by atoms with E-state index in [-0.39, 0.29) is 30.2 Å². The average Bonchev–Trinajstić information content (AvgIpc) is 3.22. The van der Waals surface area contributed by atoms with Gasteiger partial charge in [-0.05, 0) is 42.0 Å². The first-order valence-corrected chi connectivity index (χ1v) is 12.3. The van der Waals surface area contributed by atoms with Gasteiger partial charge in [0.1, 0.15) is 27.6 Å². The molecule has 1 aliphatic rings. The van der Waals surface area contributed by atoms with E-state index >= 15 is 0 Å². The molecule has 34 heavy (non-hydrogen) atoms. The fourth-order valence-electron chi connectivity index (χ4n) is 4.06. The van der Waals surface area contributed by atoms with Crippen molar-refractivity contribution in [2.45, 2.75) is 11.3 Å². The number of benzene rings is 3. The lowest BCUT2D eigenvalue weighted by atomic mass is 10.1. The van der Waals surface area contributed by atoms with Gasteiger partial charge in [0.15, 0.2) is 0 Å². The molecule has 0 aliphatic carbocycles. The molecule has 8 nitrogen and oxygen atoms in total. The van der Waals surface area contributed by atoms with Gasteiger partial charge in [-0.3, -0.25) is 4.79 Å². The maximum absolute atomic E-state index is 13.2. The molecule has 1 saturated heterocycles. The van der Waals surface area contributed by atoms with Crippen molar-refractivity contribution in [3.63, 3.8) is 0 Å². The molecule has 0 atom stereocenters. The van der Waals surface area contributed by atoms with Crippen molar-refractivity contribution in [2.24, 2.45) is 0 Å². The standard InChI is InChI=1S/C25H23NO7S/c1-30-23-8-6-17(14-24(23)34(28,29)26-10-12-31-13-11-26)15-25(27)32-18-7-9-22-20(16-18)19-4-2-3-5-21(19)33-22/h2-9,14,16H,10-13,15H2,1H3. The zero-order valence-electron chi connectivity index (χ0n) is 18.5. The monoisotopic (exact) mass is 481 g/mol. The number of rotatable bonds is 6. The fourth-order valence-corrected chi connectivity index (χ4v) is 5.68. The number of carbonyl (C=O) groups is 1. The number of ether oxygens (including phenoxy) is 3. The number of para-hydroxylation sites is 1. The largest absolute Gasteiger partial charge is 0.495 e. The van der Waals surface area contributed by atoms with Crippen LogP contribution in [-0.2, 0) is 26.0 Å². The van der Waals surface area contributed by atoms with Crippen LogP contribution < -0.4 is 9.47 Å². The molecule has 9 heteroatoms. The summed E-state index contributed by atoms with van der Waals surface area (Å²) in [7, 11) is -2.38. The van der Waals surface area contributed by atoms with Crippen LogP contribution in [0.25, 0.3) is 21.9 Å². The van der Waals surface area contributed by atoms with Gasteiger partial charge in [-0.2, -0.15) is 4.31 Å². The maximum atomic E-state index is 13.2. The normalized spacial score (nSPS) is 15.0. The summed E-state index contributed by atoms with van der Waals surface area (Å²) in [6, 6.07) is 17.5. The number of sulfonamides is 1. The fraction of sp³-hybridized carbons (Fsp3) is 0.240. The van der Waals surface area contributed by atoms with Crippen LogP contribution in [0.2, 0.25) is 0 Å². The van der Waals surface area contributed by atoms with Gasteiger partial charge in [0.2, 0.25) is 10.0 Å². The summed E-state index contributed by atoms with van der Waals surface area (Å²) in [5, 5.41) is 1.78. The second-order valence-corrected chi connectivity index (χ2v) is 9.82. The highest BCUT2D eigenvalue weighted by molar-refractivity contribution is 7.89. The summed E-state index contributed by atoms with van der Waals surface area (Å²) < 4.78 is 49.6. The highest BCUT2D eigenvalue weighted by atomic mass is 32.2. The van der Waals surface area contributed by atoms with Crippen LogP contribution in [0, 0.1) is 0 Å². The Hall–Kier alpha value is -3.40. The van der Waals surface area contributed by atoms with E-state index in [4.69, 9.17) is 18.6 Å². The lowest BCUT2D eigenvalue weighted by molar-refractivity contribution is -0.133. The number of hydrogen-bond acceptors (Lipinski definition) is 7. The lowest BCUT2D eigenvalue weighted by Gasteiger charge is -2.26. The smallest absolute Gasteiger partial charge is 0.315 e. The van der Waals surface area contributed by atoms with E-state index < -0.39 is 16.0 Å². The van der Waals surface area contributed by atoms with E-state index in [9.17, 15) is 13.2 Å². The first-order chi connectivity index (χ1) is 16.5. The summed E-state index contributed by atoms with van der Waals surface area (Å²) in [4.78, 5) is 12.7. The average molecular weight is 482 g/mol. The molecule has 0 radical (unpaired) electrons. The number of morpholine rings is 1. The second-order valence-electron chi connectivity index (χ2n) is 7.91. The van der Waals surface area contributed by atoms with E-state index in [1.165, 1.54) is 17.5 Å². The molecular weight excluding hydrogens is 458 g/mol. The lowest BCUT2D eigenvalue weighted by Crippen LogP contribution is -2.40. The molecule has 176 valence electrons. The van der Waals surface area contributed by atoms with Gasteiger partial charge < -0.3 is 18.6 Å². The van der Waals surface area contributed by atoms with E-state index in [1.54, 1.807) is 30.3 Å². The number of nitrogens with zero attached hydrogens (tertiary/aromatic N) is 1. The summed E-state index contributed by atoms with van der Waals surface area (Å²) in [6.07, 6.45) is -0.0974. The Morgan fingerprint density at radius 3 is 2.53 bits per heavy atom. The SMILES string of the molecule is COc1ccc(CC(=O)Oc2ccc3oc4ccccc4c3c2)cc1S(=O)(=O)N1CCOCC1. The second kappa shape index (κ2) is 9.09. The van der Waals surface area contributed by atoms with Crippen molar-refractivity contribution in [3.05, 3.63) is 66.2 Å². The van der Waals surface area contributed by atoms with Crippen molar-refractivity contribution < 1.29 is 31.8 Å². The van der Waals surface area contributed by atoms with Crippen molar-refractivity contribution in [3.8, 4) is 11.5 Å². The number of carbonyl (C=O) groups excluding carboxylic acids is 1. The Balaban J connectivity index is 1.37. The van der Waals surface area contributed by atoms with Crippen molar-refractivity contribution in [1.82, 2.24) is 4.31 Å². The zero-order chi connectivity index (χ0) is 23.7. The highest BCUT2D eigenvalue weighted by Crippen LogP contribution is 2.32. The van der Waals surface area contributed by atoms with Gasteiger partial charge in [0.05, 0.1) is 26.7 Å². The van der Waals surface area contributed by atoms with Crippen LogP contribution in [0.5, 0.6) is 11.5 Å². The number of hydrogen-bond donors (Lipinski definition) is 0. The van der Waals surface area contributed by atoms with Crippen LogP contribution in [-0.4, -0.2) is 52.1 Å². The number of esters is 1. The zero-order valence-corrected chi connectivity index (χ0v) is 19.3. The molecule has 4 aromatic rings. The minimum absolute atomic E-state index is 0.0217. The topological polar surface area (TPSA) is 95.3 Å². The van der Waals surface area contributed by atoms with E-state index in [2.05, 4.69) is 0 Å². The van der Waals surface area contributed by atoms with Gasteiger partial charge in [-0.1, -0.05) is 24.3 Å². The van der Waals surface area contributed by atoms with Gasteiger partial charge in [0.25, 0.3) is 0 Å². The first-order valence-electron chi connectivity index (χ1n) is 10.8. The molecular formula is C25H23NO7S. The Kier molecular flexibility index (Phi) is 5.99. The molecule has 0 saturated carbocycles. The molecule has 5 rings (SSSR count). The van der Waals surface area contributed by atoms with Gasteiger partial charge in [-0.25, -0.2) is 8.42 Å². The van der Waals surface area contributed by atoms with Crippen LogP contribution in [0.3, 0.4) is 0 Å². The third-order valence-corrected chi connectivity index (χ3v) is 7.66. The molecule has 0 unspecified atom stereocenters. The summed E-state index contributed by atoms with van der Waals surface area (Å²) >= 11 is 0. The molecule has 0 amide bonds. The van der Waals surface area contributed by atoms with Gasteiger partial charge >= 0.3 is 5.97 Å². The third kappa shape index (κ3) is 4.25. The summed E-state index contributed by atoms with van der Waals surface area (Å²) in [5.41, 5.74) is 1.97. The summed E-state index contributed by atoms with van der Waals surface area (Å²) in [6.45, 7) is 1.21. The molecule has 1 aromatic heterocycles. The summed E-state index contributed by atoms with van der Waals surface area (Å²) in [5.74, 6) is 0.103. The number of fused-ring (bicyclic) bond motifs is 3. The van der Waals surface area contributed by atoms with Gasteiger partial charge in [0, 0.05) is 23.9 Å². The maximum Gasteiger partial charge on any atom is 0.315 e. The molecule has 0 bridgehead atoms. The van der Waals surface area contributed by atoms with Crippen LogP contribution in [0.15, 0.2) is 70.0 Å². The van der Waals surface area contributed by atoms with E-state index in [0.717, 1.165) is 16.4 Å². The first kappa shape index (κ1) is 22.4. The van der Waals surface area contributed by atoms with Crippen LogP contribution in [0.4, 0.5) is 0 Å². The molecule has 0 N–H and O–H groups in total. The number of methoxy groups -OCH3 is 1. The van der Waals surface area contributed by atoms with Crippen molar-refractivity contribution >= 4 is 37.9 Å². The predicted molar refractivity (Wildman–Crippen MR) is 126 cm³/mol. The van der Waals surface area contributed by atoms with Crippen LogP contribution in [0.1, 0.15) is 5.56 Å². The van der Waals surface area contributed by atoms with E-state index in [1.807, 2.05) is 24.3 Å². The molecule has 3 aromatic carbocycles. The predicted octanol–water partition coefficient (Wildman–Crippen LogP) is 3.76. The molecule has 1 aliphatic heterocycles. The van der Waals surface area contributed by atoms with Crippen molar-refractivity contribution in [1.29, 1.82) is 0 Å². The Morgan fingerprint density at radius 2 is 1.74 bits per heavy atom. The van der Waals surface area contributed by atoms with Gasteiger partial charge in [-0.15, -0.1) is 0 Å².